The van der Waals surface area contributed by atoms with E-state index in [0.29, 0.717) is 5.57 Å². The first-order valence-electron chi connectivity index (χ1n) is 4.12. The van der Waals surface area contributed by atoms with E-state index in [0.717, 1.165) is 25.9 Å². The minimum absolute atomic E-state index is 0.0845. The lowest BCUT2D eigenvalue weighted by Gasteiger charge is -2.23. The Hall–Kier alpha value is -0.900. The Kier molecular flexibility index (Phi) is 3.22. The van der Waals surface area contributed by atoms with Gasteiger partial charge in [0.15, 0.2) is 0 Å². The molecule has 4 heteroatoms. The molecule has 1 atom stereocenters. The number of hydrogen-bond acceptors (Lipinski definition) is 3. The average molecular weight is 171 g/mol. The van der Waals surface area contributed by atoms with E-state index in [4.69, 9.17) is 11.1 Å². The molecule has 0 aliphatic carbocycles. The molecule has 68 valence electrons. The van der Waals surface area contributed by atoms with E-state index >= 15 is 0 Å². The molecule has 0 bridgehead atoms. The van der Waals surface area contributed by atoms with E-state index in [1.165, 1.54) is 6.20 Å². The first-order valence-corrected chi connectivity index (χ1v) is 4.12. The van der Waals surface area contributed by atoms with Gasteiger partial charge in [-0.1, -0.05) is 0 Å². The van der Waals surface area contributed by atoms with Crippen molar-refractivity contribution < 1.29 is 4.39 Å². The zero-order valence-electron chi connectivity index (χ0n) is 6.94. The van der Waals surface area contributed by atoms with Gasteiger partial charge in [0.2, 0.25) is 5.97 Å². The summed E-state index contributed by atoms with van der Waals surface area (Å²) < 4.78 is 12.6. The Bertz CT molecular complexity index is 194. The molecule has 1 unspecified atom stereocenters. The van der Waals surface area contributed by atoms with Crippen LogP contribution in [0.4, 0.5) is 4.39 Å². The maximum absolute atomic E-state index is 12.6. The third kappa shape index (κ3) is 2.04. The number of nitrogens with one attached hydrogen (secondary N) is 2. The number of hydrogen-bond donors (Lipinski definition) is 3. The molecule has 1 aliphatic rings. The van der Waals surface area contributed by atoms with Crippen molar-refractivity contribution in [2.75, 3.05) is 13.1 Å². The molecule has 0 radical (unpaired) electrons. The lowest BCUT2D eigenvalue weighted by molar-refractivity contribution is 0.426. The van der Waals surface area contributed by atoms with Crippen molar-refractivity contribution in [3.8, 4) is 0 Å². The highest BCUT2D eigenvalue weighted by atomic mass is 19.1. The Morgan fingerprint density at radius 2 is 2.42 bits per heavy atom. The molecule has 1 aliphatic heterocycles. The summed E-state index contributed by atoms with van der Waals surface area (Å²) in [6.07, 6.45) is 3.15. The van der Waals surface area contributed by atoms with E-state index in [9.17, 15) is 4.39 Å². The Morgan fingerprint density at radius 1 is 1.67 bits per heavy atom. The van der Waals surface area contributed by atoms with Crippen molar-refractivity contribution in [3.63, 3.8) is 0 Å². The SMILES string of the molecule is N=C(F)/C(=C\N)C1CCCNC1. The zero-order chi connectivity index (χ0) is 8.97. The van der Waals surface area contributed by atoms with Crippen LogP contribution < -0.4 is 11.1 Å². The van der Waals surface area contributed by atoms with E-state index < -0.39 is 5.97 Å². The summed E-state index contributed by atoms with van der Waals surface area (Å²) >= 11 is 0. The highest BCUT2D eigenvalue weighted by molar-refractivity contribution is 5.90. The number of halogens is 1. The smallest absolute Gasteiger partial charge is 0.210 e. The number of rotatable bonds is 2. The molecule has 0 aromatic rings. The van der Waals surface area contributed by atoms with Crippen LogP contribution in [0.15, 0.2) is 11.8 Å². The molecule has 1 heterocycles. The van der Waals surface area contributed by atoms with Gasteiger partial charge in [-0.25, -0.2) is 0 Å². The normalized spacial score (nSPS) is 25.4. The van der Waals surface area contributed by atoms with E-state index in [-0.39, 0.29) is 5.92 Å². The van der Waals surface area contributed by atoms with E-state index in [1.807, 2.05) is 0 Å². The van der Waals surface area contributed by atoms with Crippen molar-refractivity contribution in [3.05, 3.63) is 11.8 Å². The fourth-order valence-corrected chi connectivity index (χ4v) is 1.51. The van der Waals surface area contributed by atoms with Crippen LogP contribution in [-0.2, 0) is 0 Å². The zero-order valence-corrected chi connectivity index (χ0v) is 6.94. The topological polar surface area (TPSA) is 61.9 Å². The van der Waals surface area contributed by atoms with Crippen molar-refractivity contribution in [2.45, 2.75) is 12.8 Å². The Morgan fingerprint density at radius 3 is 2.83 bits per heavy atom. The van der Waals surface area contributed by atoms with E-state index in [1.54, 1.807) is 0 Å². The molecule has 3 nitrogen and oxygen atoms in total. The molecule has 4 N–H and O–H groups in total. The minimum atomic E-state index is -0.897. The molecule has 12 heavy (non-hydrogen) atoms. The molecule has 0 spiro atoms. The molecule has 1 fully saturated rings. The number of piperidine rings is 1. The van der Waals surface area contributed by atoms with Gasteiger partial charge in [-0.2, -0.15) is 4.39 Å². The third-order valence-corrected chi connectivity index (χ3v) is 2.17. The largest absolute Gasteiger partial charge is 0.404 e. The average Bonchev–Trinajstić information content (AvgIpc) is 2.07. The molecule has 0 aromatic heterocycles. The summed E-state index contributed by atoms with van der Waals surface area (Å²) in [5.41, 5.74) is 5.57. The van der Waals surface area contributed by atoms with Crippen molar-refractivity contribution in [2.24, 2.45) is 11.7 Å². The molecule has 0 aromatic carbocycles. The highest BCUT2D eigenvalue weighted by Gasteiger charge is 2.20. The van der Waals surface area contributed by atoms with Crippen LogP contribution in [0, 0.1) is 11.3 Å². The number of nitrogens with two attached hydrogens (primary N) is 1. The standard InChI is InChI=1S/C8H14FN3/c9-8(11)7(4-10)6-2-1-3-12-5-6/h4,6,11-12H,1-3,5,10H2/b7-4-,11-8?. The second-order valence-electron chi connectivity index (χ2n) is 2.98. The summed E-state index contributed by atoms with van der Waals surface area (Å²) in [6.45, 7) is 1.71. The van der Waals surface area contributed by atoms with Gasteiger partial charge in [-0.3, -0.25) is 5.41 Å². The van der Waals surface area contributed by atoms with Gasteiger partial charge in [-0.05, 0) is 19.4 Å². The van der Waals surface area contributed by atoms with E-state index in [2.05, 4.69) is 5.32 Å². The fourth-order valence-electron chi connectivity index (χ4n) is 1.51. The van der Waals surface area contributed by atoms with Crippen LogP contribution in [0.25, 0.3) is 0 Å². The lowest BCUT2D eigenvalue weighted by atomic mass is 9.92. The highest BCUT2D eigenvalue weighted by Crippen LogP contribution is 2.19. The van der Waals surface area contributed by atoms with Crippen LogP contribution in [-0.4, -0.2) is 19.1 Å². The van der Waals surface area contributed by atoms with Gasteiger partial charge in [0, 0.05) is 24.2 Å². The molecule has 0 amide bonds. The lowest BCUT2D eigenvalue weighted by Crippen LogP contribution is -2.32. The maximum Gasteiger partial charge on any atom is 0.210 e. The van der Waals surface area contributed by atoms with Crippen LogP contribution >= 0.6 is 0 Å². The quantitative estimate of drug-likeness (QED) is 0.537. The molecule has 1 saturated heterocycles. The Balaban J connectivity index is 2.59. The van der Waals surface area contributed by atoms with Crippen molar-refractivity contribution in [1.29, 1.82) is 5.41 Å². The van der Waals surface area contributed by atoms with Crippen LogP contribution in [0.1, 0.15) is 12.8 Å². The van der Waals surface area contributed by atoms with Gasteiger partial charge >= 0.3 is 0 Å². The summed E-state index contributed by atoms with van der Waals surface area (Å²) in [4.78, 5) is 0. The fraction of sp³-hybridized carbons (Fsp3) is 0.625. The van der Waals surface area contributed by atoms with Gasteiger partial charge in [-0.15, -0.1) is 0 Å². The van der Waals surface area contributed by atoms with Gasteiger partial charge in [0.05, 0.1) is 0 Å². The minimum Gasteiger partial charge on any atom is -0.404 e. The third-order valence-electron chi connectivity index (χ3n) is 2.17. The summed E-state index contributed by atoms with van der Waals surface area (Å²) in [6, 6.07) is 0. The predicted molar refractivity (Wildman–Crippen MR) is 46.7 cm³/mol. The van der Waals surface area contributed by atoms with Gasteiger partial charge in [0.25, 0.3) is 0 Å². The maximum atomic E-state index is 12.6. The van der Waals surface area contributed by atoms with Gasteiger partial charge in [0.1, 0.15) is 0 Å². The first kappa shape index (κ1) is 9.19. The summed E-state index contributed by atoms with van der Waals surface area (Å²) in [7, 11) is 0. The molecular formula is C8H14FN3. The van der Waals surface area contributed by atoms with Crippen molar-refractivity contribution in [1.82, 2.24) is 5.32 Å². The van der Waals surface area contributed by atoms with Crippen LogP contribution in [0.3, 0.4) is 0 Å². The van der Waals surface area contributed by atoms with Crippen LogP contribution in [0.5, 0.6) is 0 Å². The van der Waals surface area contributed by atoms with Crippen LogP contribution in [0.2, 0.25) is 0 Å². The molecule has 1 rings (SSSR count). The van der Waals surface area contributed by atoms with Gasteiger partial charge < -0.3 is 11.1 Å². The van der Waals surface area contributed by atoms with Crippen molar-refractivity contribution >= 4 is 5.97 Å². The predicted octanol–water partition coefficient (Wildman–Crippen LogP) is 0.775. The Labute approximate surface area is 71.3 Å². The molecular weight excluding hydrogens is 157 g/mol. The second kappa shape index (κ2) is 4.21. The monoisotopic (exact) mass is 171 g/mol. The summed E-state index contributed by atoms with van der Waals surface area (Å²) in [5, 5.41) is 9.99. The molecule has 0 saturated carbocycles. The second-order valence-corrected chi connectivity index (χ2v) is 2.98. The summed E-state index contributed by atoms with van der Waals surface area (Å²) in [5.74, 6) is -0.813. The first-order chi connectivity index (χ1) is 5.75.